The Hall–Kier alpha value is -2.89. The third-order valence-electron chi connectivity index (χ3n) is 2.97. The number of ether oxygens (including phenoxy) is 1. The van der Waals surface area contributed by atoms with E-state index in [0.717, 1.165) is 0 Å². The van der Waals surface area contributed by atoms with Gasteiger partial charge in [0.05, 0.1) is 11.5 Å². The molecule has 124 valence electrons. The molecule has 0 spiro atoms. The van der Waals surface area contributed by atoms with Gasteiger partial charge in [-0.25, -0.2) is 4.79 Å². The minimum atomic E-state index is -4.26. The van der Waals surface area contributed by atoms with Crippen molar-refractivity contribution in [2.45, 2.75) is 11.8 Å². The molecule has 2 aromatic rings. The number of benzene rings is 1. The number of carbonyl (C=O) groups excluding carboxylic acids is 1. The van der Waals surface area contributed by atoms with Gasteiger partial charge in [-0.3, -0.25) is 4.55 Å². The van der Waals surface area contributed by atoms with Gasteiger partial charge in [-0.1, -0.05) is 0 Å². The lowest BCUT2D eigenvalue weighted by Crippen LogP contribution is -2.05. The number of rotatable bonds is 5. The fourth-order valence-electron chi connectivity index (χ4n) is 1.86. The molecule has 0 bridgehead atoms. The molecule has 0 fully saturated rings. The van der Waals surface area contributed by atoms with E-state index in [4.69, 9.17) is 19.0 Å². The number of nitriles is 1. The van der Waals surface area contributed by atoms with Gasteiger partial charge in [0.2, 0.25) is 0 Å². The molecular weight excluding hydrogens is 334 g/mol. The standard InChI is InChI=1S/C16H13NO6S/c1-2-22-16(18)12(10-17)9-13-5-8-15(23-13)11-3-6-14(7-4-11)24(19,20)21/h3-9H,2H2,1H3,(H,19,20,21)/b12-9+. The number of furan rings is 1. The fourth-order valence-corrected chi connectivity index (χ4v) is 2.34. The van der Waals surface area contributed by atoms with Crippen LogP contribution in [-0.2, 0) is 19.6 Å². The van der Waals surface area contributed by atoms with Gasteiger partial charge < -0.3 is 9.15 Å². The molecule has 1 aromatic heterocycles. The van der Waals surface area contributed by atoms with Gasteiger partial charge in [0.25, 0.3) is 10.1 Å². The van der Waals surface area contributed by atoms with Gasteiger partial charge in [-0.05, 0) is 43.3 Å². The van der Waals surface area contributed by atoms with E-state index in [1.165, 1.54) is 30.3 Å². The summed E-state index contributed by atoms with van der Waals surface area (Å²) in [5, 5.41) is 8.97. The number of esters is 1. The Bertz CT molecular complexity index is 916. The van der Waals surface area contributed by atoms with E-state index in [2.05, 4.69) is 0 Å². The monoisotopic (exact) mass is 347 g/mol. The van der Waals surface area contributed by atoms with Gasteiger partial charge >= 0.3 is 5.97 Å². The highest BCUT2D eigenvalue weighted by atomic mass is 32.2. The quantitative estimate of drug-likeness (QED) is 0.382. The van der Waals surface area contributed by atoms with E-state index in [1.807, 2.05) is 0 Å². The molecule has 8 heteroatoms. The van der Waals surface area contributed by atoms with Crippen LogP contribution >= 0.6 is 0 Å². The lowest BCUT2D eigenvalue weighted by molar-refractivity contribution is -0.137. The summed E-state index contributed by atoms with van der Waals surface area (Å²) < 4.78 is 41.2. The minimum absolute atomic E-state index is 0.154. The van der Waals surface area contributed by atoms with Crippen LogP contribution in [0.3, 0.4) is 0 Å². The Morgan fingerprint density at radius 1 is 1.29 bits per heavy atom. The van der Waals surface area contributed by atoms with E-state index in [1.54, 1.807) is 25.1 Å². The Kier molecular flexibility index (Phi) is 5.18. The Morgan fingerprint density at radius 2 is 1.96 bits per heavy atom. The van der Waals surface area contributed by atoms with Crippen LogP contribution in [0.5, 0.6) is 0 Å². The topological polar surface area (TPSA) is 118 Å². The fraction of sp³-hybridized carbons (Fsp3) is 0.125. The van der Waals surface area contributed by atoms with Crippen molar-refractivity contribution in [3.05, 3.63) is 47.7 Å². The zero-order chi connectivity index (χ0) is 17.7. The van der Waals surface area contributed by atoms with Crippen LogP contribution in [0.15, 0.2) is 51.3 Å². The zero-order valence-electron chi connectivity index (χ0n) is 12.6. The van der Waals surface area contributed by atoms with Crippen LogP contribution in [0.4, 0.5) is 0 Å². The second-order valence-electron chi connectivity index (χ2n) is 4.59. The van der Waals surface area contributed by atoms with Gasteiger partial charge in [0.15, 0.2) is 0 Å². The van der Waals surface area contributed by atoms with E-state index in [9.17, 15) is 13.2 Å². The van der Waals surface area contributed by atoms with E-state index in [-0.39, 0.29) is 22.8 Å². The molecule has 0 unspecified atom stereocenters. The van der Waals surface area contributed by atoms with Crippen molar-refractivity contribution in [1.29, 1.82) is 5.26 Å². The summed E-state index contributed by atoms with van der Waals surface area (Å²) in [6.45, 7) is 1.79. The summed E-state index contributed by atoms with van der Waals surface area (Å²) in [4.78, 5) is 11.3. The number of nitrogens with zero attached hydrogens (tertiary/aromatic N) is 1. The summed E-state index contributed by atoms with van der Waals surface area (Å²) in [5.74, 6) is -0.0619. The normalized spacial score (nSPS) is 11.8. The number of hydrogen-bond acceptors (Lipinski definition) is 6. The molecule has 1 aromatic carbocycles. The van der Waals surface area contributed by atoms with E-state index < -0.39 is 16.1 Å². The highest BCUT2D eigenvalue weighted by molar-refractivity contribution is 7.85. The summed E-state index contributed by atoms with van der Waals surface area (Å²) in [5.41, 5.74) is 0.371. The molecule has 0 aliphatic heterocycles. The molecule has 0 aliphatic carbocycles. The lowest BCUT2D eigenvalue weighted by atomic mass is 10.2. The van der Waals surface area contributed by atoms with Crippen LogP contribution in [0, 0.1) is 11.3 Å². The smallest absolute Gasteiger partial charge is 0.349 e. The van der Waals surface area contributed by atoms with E-state index in [0.29, 0.717) is 11.3 Å². The molecule has 0 saturated heterocycles. The third-order valence-corrected chi connectivity index (χ3v) is 3.83. The summed E-state index contributed by atoms with van der Waals surface area (Å²) in [6, 6.07) is 10.3. The average molecular weight is 347 g/mol. The molecule has 0 aliphatic rings. The SMILES string of the molecule is CCOC(=O)/C(C#N)=C/c1ccc(-c2ccc(S(=O)(=O)O)cc2)o1. The molecule has 2 rings (SSSR count). The van der Waals surface area contributed by atoms with Crippen molar-refractivity contribution < 1.29 is 26.9 Å². The Balaban J connectivity index is 2.28. The maximum Gasteiger partial charge on any atom is 0.349 e. The molecule has 0 radical (unpaired) electrons. The number of hydrogen-bond donors (Lipinski definition) is 1. The molecule has 0 atom stereocenters. The molecule has 1 N–H and O–H groups in total. The van der Waals surface area contributed by atoms with Gasteiger partial charge in [0.1, 0.15) is 23.2 Å². The molecule has 24 heavy (non-hydrogen) atoms. The maximum absolute atomic E-state index is 11.6. The minimum Gasteiger partial charge on any atom is -0.462 e. The molecule has 0 saturated carbocycles. The predicted octanol–water partition coefficient (Wildman–Crippen LogP) is 2.66. The molecule has 7 nitrogen and oxygen atoms in total. The van der Waals surface area contributed by atoms with Gasteiger partial charge in [-0.2, -0.15) is 13.7 Å². The first-order chi connectivity index (χ1) is 11.3. The maximum atomic E-state index is 11.6. The van der Waals surface area contributed by atoms with Crippen LogP contribution < -0.4 is 0 Å². The van der Waals surface area contributed by atoms with Crippen molar-refractivity contribution in [2.75, 3.05) is 6.61 Å². The lowest BCUT2D eigenvalue weighted by Gasteiger charge is -2.00. The first-order valence-corrected chi connectivity index (χ1v) is 8.26. The van der Waals surface area contributed by atoms with Crippen LogP contribution in [0.2, 0.25) is 0 Å². The summed E-state index contributed by atoms with van der Waals surface area (Å²) in [7, 11) is -4.26. The first-order valence-electron chi connectivity index (χ1n) is 6.82. The molecule has 1 heterocycles. The molecular formula is C16H13NO6S. The van der Waals surface area contributed by atoms with Crippen LogP contribution in [0.25, 0.3) is 17.4 Å². The van der Waals surface area contributed by atoms with Gasteiger partial charge in [0, 0.05) is 11.6 Å². The second kappa shape index (κ2) is 7.12. The summed E-state index contributed by atoms with van der Waals surface area (Å²) >= 11 is 0. The Morgan fingerprint density at radius 3 is 2.50 bits per heavy atom. The highest BCUT2D eigenvalue weighted by Crippen LogP contribution is 2.24. The highest BCUT2D eigenvalue weighted by Gasteiger charge is 2.13. The molecule has 0 amide bonds. The van der Waals surface area contributed by atoms with Crippen molar-refractivity contribution in [3.63, 3.8) is 0 Å². The van der Waals surface area contributed by atoms with Crippen molar-refractivity contribution in [3.8, 4) is 17.4 Å². The van der Waals surface area contributed by atoms with E-state index >= 15 is 0 Å². The Labute approximate surface area is 138 Å². The summed E-state index contributed by atoms with van der Waals surface area (Å²) in [6.07, 6.45) is 1.26. The zero-order valence-corrected chi connectivity index (χ0v) is 13.4. The largest absolute Gasteiger partial charge is 0.462 e. The van der Waals surface area contributed by atoms with Crippen LogP contribution in [-0.4, -0.2) is 25.5 Å². The predicted molar refractivity (Wildman–Crippen MR) is 84.2 cm³/mol. The number of carbonyl (C=O) groups is 1. The van der Waals surface area contributed by atoms with Crippen LogP contribution in [0.1, 0.15) is 12.7 Å². The third kappa shape index (κ3) is 4.10. The first kappa shape index (κ1) is 17.5. The van der Waals surface area contributed by atoms with Crippen molar-refractivity contribution in [2.24, 2.45) is 0 Å². The second-order valence-corrected chi connectivity index (χ2v) is 6.01. The average Bonchev–Trinajstić information content (AvgIpc) is 3.00. The van der Waals surface area contributed by atoms with Crippen molar-refractivity contribution >= 4 is 22.2 Å². The van der Waals surface area contributed by atoms with Gasteiger partial charge in [-0.15, -0.1) is 0 Å². The van der Waals surface area contributed by atoms with Crippen molar-refractivity contribution in [1.82, 2.24) is 0 Å².